The molecule has 0 spiro atoms. The molecule has 1 aliphatic carbocycles. The Labute approximate surface area is 110 Å². The molecular formula is C14H15FN2S. The Balaban J connectivity index is 1.97. The molecular weight excluding hydrogens is 247 g/mol. The Morgan fingerprint density at radius 2 is 2.11 bits per heavy atom. The third-order valence-corrected chi connectivity index (χ3v) is 4.90. The van der Waals surface area contributed by atoms with Gasteiger partial charge in [0.1, 0.15) is 10.8 Å². The van der Waals surface area contributed by atoms with Crippen LogP contribution in [0, 0.1) is 5.82 Å². The van der Waals surface area contributed by atoms with Crippen LogP contribution in [0.4, 0.5) is 4.39 Å². The zero-order valence-electron chi connectivity index (χ0n) is 10.0. The van der Waals surface area contributed by atoms with Crippen LogP contribution in [0.3, 0.4) is 0 Å². The Bertz CT molecular complexity index is 555. The van der Waals surface area contributed by atoms with E-state index in [0.717, 1.165) is 23.5 Å². The van der Waals surface area contributed by atoms with Gasteiger partial charge in [0.05, 0.1) is 5.69 Å². The number of nitrogens with two attached hydrogens (primary N) is 1. The smallest absolute Gasteiger partial charge is 0.132 e. The first kappa shape index (κ1) is 11.8. The van der Waals surface area contributed by atoms with Crippen LogP contribution in [0.2, 0.25) is 0 Å². The summed E-state index contributed by atoms with van der Waals surface area (Å²) in [7, 11) is 0. The minimum atomic E-state index is -0.218. The molecule has 0 radical (unpaired) electrons. The van der Waals surface area contributed by atoms with Crippen LogP contribution in [0.25, 0.3) is 11.3 Å². The molecule has 18 heavy (non-hydrogen) atoms. The second kappa shape index (κ2) is 4.44. The highest BCUT2D eigenvalue weighted by molar-refractivity contribution is 7.10. The minimum absolute atomic E-state index is 0.0637. The van der Waals surface area contributed by atoms with Crippen LogP contribution >= 0.6 is 11.3 Å². The van der Waals surface area contributed by atoms with E-state index in [-0.39, 0.29) is 11.2 Å². The summed E-state index contributed by atoms with van der Waals surface area (Å²) in [6, 6.07) is 6.76. The molecule has 4 heteroatoms. The Morgan fingerprint density at radius 3 is 2.72 bits per heavy atom. The van der Waals surface area contributed by atoms with Gasteiger partial charge in [-0.15, -0.1) is 11.3 Å². The van der Waals surface area contributed by atoms with Gasteiger partial charge in [-0.2, -0.15) is 0 Å². The highest BCUT2D eigenvalue weighted by atomic mass is 32.1. The molecule has 2 N–H and O–H groups in total. The van der Waals surface area contributed by atoms with Crippen LogP contribution in [-0.2, 0) is 5.41 Å². The molecule has 94 valence electrons. The molecule has 0 amide bonds. The van der Waals surface area contributed by atoms with Crippen molar-refractivity contribution < 1.29 is 4.39 Å². The van der Waals surface area contributed by atoms with E-state index in [1.807, 2.05) is 11.4 Å². The number of hydrogen-bond donors (Lipinski definition) is 1. The summed E-state index contributed by atoms with van der Waals surface area (Å²) < 4.78 is 13.7. The summed E-state index contributed by atoms with van der Waals surface area (Å²) in [6.07, 6.45) is 3.42. The van der Waals surface area contributed by atoms with Crippen molar-refractivity contribution in [1.82, 2.24) is 4.98 Å². The largest absolute Gasteiger partial charge is 0.329 e. The van der Waals surface area contributed by atoms with Gasteiger partial charge in [-0.25, -0.2) is 9.37 Å². The standard InChI is InChI=1S/C14H15FN2S/c15-11-5-2-1-4-10(11)12-8-18-13(17-12)14(9-16)6-3-7-14/h1-2,4-5,8H,3,6-7,9,16H2. The Hall–Kier alpha value is -1.26. The van der Waals surface area contributed by atoms with E-state index in [0.29, 0.717) is 12.1 Å². The van der Waals surface area contributed by atoms with Crippen LogP contribution in [0.5, 0.6) is 0 Å². The van der Waals surface area contributed by atoms with Crippen molar-refractivity contribution >= 4 is 11.3 Å². The highest BCUT2D eigenvalue weighted by Crippen LogP contribution is 2.44. The van der Waals surface area contributed by atoms with Gasteiger partial charge >= 0.3 is 0 Å². The molecule has 0 saturated heterocycles. The van der Waals surface area contributed by atoms with Crippen molar-refractivity contribution in [2.24, 2.45) is 5.73 Å². The molecule has 1 aromatic heterocycles. The van der Waals surface area contributed by atoms with E-state index in [2.05, 4.69) is 4.98 Å². The summed E-state index contributed by atoms with van der Waals surface area (Å²) in [5.74, 6) is -0.218. The fraction of sp³-hybridized carbons (Fsp3) is 0.357. The van der Waals surface area contributed by atoms with Gasteiger partial charge in [0, 0.05) is 22.9 Å². The fourth-order valence-corrected chi connectivity index (χ4v) is 3.51. The van der Waals surface area contributed by atoms with Gasteiger partial charge in [0.25, 0.3) is 0 Å². The number of hydrogen-bond acceptors (Lipinski definition) is 3. The van der Waals surface area contributed by atoms with Crippen LogP contribution in [0.15, 0.2) is 29.6 Å². The summed E-state index contributed by atoms with van der Waals surface area (Å²) >= 11 is 1.60. The third-order valence-electron chi connectivity index (χ3n) is 3.81. The van der Waals surface area contributed by atoms with Gasteiger partial charge < -0.3 is 5.73 Å². The lowest BCUT2D eigenvalue weighted by molar-refractivity contribution is 0.252. The van der Waals surface area contributed by atoms with Crippen molar-refractivity contribution in [3.05, 3.63) is 40.5 Å². The Morgan fingerprint density at radius 1 is 1.33 bits per heavy atom. The average molecular weight is 262 g/mol. The van der Waals surface area contributed by atoms with E-state index in [1.54, 1.807) is 23.5 Å². The fourth-order valence-electron chi connectivity index (χ4n) is 2.42. The normalized spacial score (nSPS) is 17.4. The minimum Gasteiger partial charge on any atom is -0.329 e. The number of aromatic nitrogens is 1. The first-order valence-electron chi connectivity index (χ1n) is 6.16. The summed E-state index contributed by atoms with van der Waals surface area (Å²) in [4.78, 5) is 4.60. The van der Waals surface area contributed by atoms with E-state index in [9.17, 15) is 4.39 Å². The predicted octanol–water partition coefficient (Wildman–Crippen LogP) is 3.33. The quantitative estimate of drug-likeness (QED) is 0.921. The zero-order valence-corrected chi connectivity index (χ0v) is 10.8. The van der Waals surface area contributed by atoms with Crippen molar-refractivity contribution in [2.75, 3.05) is 6.54 Å². The summed E-state index contributed by atoms with van der Waals surface area (Å²) in [5.41, 5.74) is 7.24. The lowest BCUT2D eigenvalue weighted by Crippen LogP contribution is -2.41. The SMILES string of the molecule is NCC1(c2nc(-c3ccccc3F)cs2)CCC1. The van der Waals surface area contributed by atoms with E-state index >= 15 is 0 Å². The molecule has 0 aliphatic heterocycles. The van der Waals surface area contributed by atoms with Crippen molar-refractivity contribution in [1.29, 1.82) is 0 Å². The van der Waals surface area contributed by atoms with Crippen LogP contribution in [0.1, 0.15) is 24.3 Å². The third kappa shape index (κ3) is 1.76. The first-order chi connectivity index (χ1) is 8.75. The average Bonchev–Trinajstić information content (AvgIpc) is 2.79. The summed E-state index contributed by atoms with van der Waals surface area (Å²) in [5, 5.41) is 3.00. The molecule has 1 aromatic carbocycles. The number of nitrogens with zero attached hydrogens (tertiary/aromatic N) is 1. The number of thiazole rings is 1. The maximum atomic E-state index is 13.7. The number of rotatable bonds is 3. The maximum Gasteiger partial charge on any atom is 0.132 e. The van der Waals surface area contributed by atoms with Gasteiger partial charge in [-0.3, -0.25) is 0 Å². The van der Waals surface area contributed by atoms with Crippen molar-refractivity contribution in [3.63, 3.8) is 0 Å². The highest BCUT2D eigenvalue weighted by Gasteiger charge is 2.40. The monoisotopic (exact) mass is 262 g/mol. The molecule has 0 unspecified atom stereocenters. The van der Waals surface area contributed by atoms with Gasteiger partial charge in [-0.05, 0) is 25.0 Å². The molecule has 3 rings (SSSR count). The molecule has 1 aliphatic rings. The second-order valence-corrected chi connectivity index (χ2v) is 5.71. The summed E-state index contributed by atoms with van der Waals surface area (Å²) in [6.45, 7) is 0.636. The van der Waals surface area contributed by atoms with Gasteiger partial charge in [0.2, 0.25) is 0 Å². The Kier molecular flexibility index (Phi) is 2.92. The number of halogens is 1. The first-order valence-corrected chi connectivity index (χ1v) is 7.04. The van der Waals surface area contributed by atoms with Crippen LogP contribution < -0.4 is 5.73 Å². The lowest BCUT2D eigenvalue weighted by atomic mass is 9.69. The zero-order chi connectivity index (χ0) is 12.6. The molecule has 2 nitrogen and oxygen atoms in total. The molecule has 1 heterocycles. The van der Waals surface area contributed by atoms with E-state index in [1.165, 1.54) is 12.5 Å². The van der Waals surface area contributed by atoms with E-state index < -0.39 is 0 Å². The lowest BCUT2D eigenvalue weighted by Gasteiger charge is -2.38. The topological polar surface area (TPSA) is 38.9 Å². The molecule has 0 atom stereocenters. The molecule has 0 bridgehead atoms. The maximum absolute atomic E-state index is 13.7. The molecule has 1 fully saturated rings. The van der Waals surface area contributed by atoms with Crippen LogP contribution in [-0.4, -0.2) is 11.5 Å². The predicted molar refractivity (Wildman–Crippen MR) is 72.1 cm³/mol. The molecule has 1 saturated carbocycles. The second-order valence-electron chi connectivity index (χ2n) is 4.86. The van der Waals surface area contributed by atoms with Gasteiger partial charge in [0.15, 0.2) is 0 Å². The van der Waals surface area contributed by atoms with Crippen molar-refractivity contribution in [3.8, 4) is 11.3 Å². The number of benzene rings is 1. The van der Waals surface area contributed by atoms with E-state index in [4.69, 9.17) is 5.73 Å². The van der Waals surface area contributed by atoms with Gasteiger partial charge in [-0.1, -0.05) is 18.6 Å². The van der Waals surface area contributed by atoms with Crippen molar-refractivity contribution in [2.45, 2.75) is 24.7 Å². The molecule has 2 aromatic rings.